The number of halogens is 3. The SMILES string of the molecule is CNC(=O)c1cccc(SCc2cccc(C(=O)Nc3ccc(N4CCCCC4)cc3-c3cc(C(=O)NCc4cccc(C(F)(F)F)c4)ccn3)c2)c1. The highest BCUT2D eigenvalue weighted by molar-refractivity contribution is 7.98. The van der Waals surface area contributed by atoms with Gasteiger partial charge in [0.15, 0.2) is 0 Å². The molecule has 0 bridgehead atoms. The van der Waals surface area contributed by atoms with Crippen molar-refractivity contribution in [3.05, 3.63) is 143 Å². The number of pyridine rings is 1. The number of piperidine rings is 1. The van der Waals surface area contributed by atoms with Crippen molar-refractivity contribution in [2.24, 2.45) is 0 Å². The van der Waals surface area contributed by atoms with Crippen LogP contribution < -0.4 is 20.9 Å². The molecule has 4 aromatic carbocycles. The second-order valence-corrected chi connectivity index (χ2v) is 13.7. The lowest BCUT2D eigenvalue weighted by Crippen LogP contribution is -2.29. The molecule has 3 amide bonds. The van der Waals surface area contributed by atoms with Crippen LogP contribution in [-0.4, -0.2) is 42.8 Å². The molecule has 3 N–H and O–H groups in total. The lowest BCUT2D eigenvalue weighted by Gasteiger charge is -2.29. The third kappa shape index (κ3) is 9.63. The van der Waals surface area contributed by atoms with E-state index in [0.717, 1.165) is 60.6 Å². The van der Waals surface area contributed by atoms with Crippen LogP contribution >= 0.6 is 11.8 Å². The van der Waals surface area contributed by atoms with Crippen molar-refractivity contribution in [3.8, 4) is 11.3 Å². The minimum Gasteiger partial charge on any atom is -0.372 e. The normalized spacial score (nSPS) is 12.9. The Morgan fingerprint density at radius 2 is 1.47 bits per heavy atom. The molecule has 0 atom stereocenters. The highest BCUT2D eigenvalue weighted by atomic mass is 32.2. The maximum atomic E-state index is 13.7. The molecule has 1 aliphatic rings. The first-order valence-corrected chi connectivity index (χ1v) is 18.2. The molecule has 12 heteroatoms. The molecule has 2 heterocycles. The van der Waals surface area contributed by atoms with Crippen molar-refractivity contribution in [1.29, 1.82) is 0 Å². The average molecular weight is 738 g/mol. The maximum Gasteiger partial charge on any atom is 0.416 e. The van der Waals surface area contributed by atoms with Gasteiger partial charge in [0.1, 0.15) is 0 Å². The van der Waals surface area contributed by atoms with E-state index >= 15 is 0 Å². The van der Waals surface area contributed by atoms with Gasteiger partial charge >= 0.3 is 6.18 Å². The van der Waals surface area contributed by atoms with Crippen molar-refractivity contribution in [3.63, 3.8) is 0 Å². The molecule has 53 heavy (non-hydrogen) atoms. The Balaban J connectivity index is 1.21. The molecular formula is C41H38F3N5O3S. The number of aromatic nitrogens is 1. The molecule has 0 radical (unpaired) electrons. The van der Waals surface area contributed by atoms with Gasteiger partial charge in [-0.05, 0) is 103 Å². The summed E-state index contributed by atoms with van der Waals surface area (Å²) in [5.74, 6) is -0.367. The molecule has 5 aromatic rings. The summed E-state index contributed by atoms with van der Waals surface area (Å²) < 4.78 is 39.6. The molecule has 8 nitrogen and oxygen atoms in total. The molecule has 1 aliphatic heterocycles. The molecule has 0 aliphatic carbocycles. The lowest BCUT2D eigenvalue weighted by molar-refractivity contribution is -0.137. The highest BCUT2D eigenvalue weighted by Crippen LogP contribution is 2.34. The second-order valence-electron chi connectivity index (χ2n) is 12.6. The van der Waals surface area contributed by atoms with Crippen LogP contribution in [0.1, 0.15) is 67.0 Å². The summed E-state index contributed by atoms with van der Waals surface area (Å²) in [5.41, 5.74) is 4.33. The largest absolute Gasteiger partial charge is 0.416 e. The number of alkyl halides is 3. The summed E-state index contributed by atoms with van der Waals surface area (Å²) in [4.78, 5) is 46.8. The number of nitrogens with one attached hydrogen (secondary N) is 3. The monoisotopic (exact) mass is 737 g/mol. The Bertz CT molecular complexity index is 2120. The Hall–Kier alpha value is -5.62. The summed E-state index contributed by atoms with van der Waals surface area (Å²) in [6, 6.07) is 28.5. The van der Waals surface area contributed by atoms with E-state index in [1.807, 2.05) is 54.6 Å². The Labute approximate surface area is 310 Å². The van der Waals surface area contributed by atoms with Gasteiger partial charge in [-0.2, -0.15) is 13.2 Å². The van der Waals surface area contributed by atoms with E-state index in [4.69, 9.17) is 0 Å². The first-order valence-electron chi connectivity index (χ1n) is 17.2. The number of hydrogen-bond donors (Lipinski definition) is 3. The predicted octanol–water partition coefficient (Wildman–Crippen LogP) is 8.59. The van der Waals surface area contributed by atoms with E-state index < -0.39 is 17.6 Å². The fourth-order valence-corrected chi connectivity index (χ4v) is 7.00. The van der Waals surface area contributed by atoms with E-state index in [9.17, 15) is 27.6 Å². The number of carbonyl (C=O) groups is 3. The van der Waals surface area contributed by atoms with Crippen LogP contribution in [0.4, 0.5) is 24.5 Å². The predicted molar refractivity (Wildman–Crippen MR) is 202 cm³/mol. The topological polar surface area (TPSA) is 103 Å². The van der Waals surface area contributed by atoms with Gasteiger partial charge in [-0.1, -0.05) is 30.3 Å². The van der Waals surface area contributed by atoms with Gasteiger partial charge < -0.3 is 20.9 Å². The molecule has 1 fully saturated rings. The van der Waals surface area contributed by atoms with Crippen molar-refractivity contribution in [2.75, 3.05) is 30.4 Å². The number of hydrogen-bond acceptors (Lipinski definition) is 6. The number of thioether (sulfide) groups is 1. The third-order valence-corrected chi connectivity index (χ3v) is 9.96. The van der Waals surface area contributed by atoms with Crippen LogP contribution in [-0.2, 0) is 18.5 Å². The van der Waals surface area contributed by atoms with Gasteiger partial charge in [0.2, 0.25) is 0 Å². The number of rotatable bonds is 11. The first kappa shape index (κ1) is 37.1. The van der Waals surface area contributed by atoms with Gasteiger partial charge in [0.05, 0.1) is 16.9 Å². The maximum absolute atomic E-state index is 13.7. The van der Waals surface area contributed by atoms with Gasteiger partial charge in [-0.15, -0.1) is 11.8 Å². The van der Waals surface area contributed by atoms with Gasteiger partial charge in [0, 0.05) is 71.5 Å². The summed E-state index contributed by atoms with van der Waals surface area (Å²) in [5, 5.41) is 8.40. The zero-order chi connectivity index (χ0) is 37.4. The molecule has 0 spiro atoms. The van der Waals surface area contributed by atoms with Gasteiger partial charge in [0.25, 0.3) is 17.7 Å². The Morgan fingerprint density at radius 1 is 0.755 bits per heavy atom. The third-order valence-electron chi connectivity index (χ3n) is 8.90. The van der Waals surface area contributed by atoms with Crippen LogP contribution in [0.15, 0.2) is 114 Å². The van der Waals surface area contributed by atoms with Crippen LogP contribution in [0.25, 0.3) is 11.3 Å². The van der Waals surface area contributed by atoms with Crippen molar-refractivity contribution in [2.45, 2.75) is 42.6 Å². The number of benzene rings is 4. The molecule has 272 valence electrons. The molecule has 1 aromatic heterocycles. The fraction of sp³-hybridized carbons (Fsp3) is 0.220. The number of anilines is 2. The Morgan fingerprint density at radius 3 is 2.25 bits per heavy atom. The molecule has 1 saturated heterocycles. The first-order chi connectivity index (χ1) is 25.6. The summed E-state index contributed by atoms with van der Waals surface area (Å²) in [7, 11) is 1.59. The minimum atomic E-state index is -4.49. The average Bonchev–Trinajstić information content (AvgIpc) is 3.19. The van der Waals surface area contributed by atoms with Crippen LogP contribution in [0.2, 0.25) is 0 Å². The van der Waals surface area contributed by atoms with Crippen molar-refractivity contribution >= 4 is 40.9 Å². The summed E-state index contributed by atoms with van der Waals surface area (Å²) >= 11 is 1.56. The van der Waals surface area contributed by atoms with E-state index in [1.165, 1.54) is 24.4 Å². The highest BCUT2D eigenvalue weighted by Gasteiger charge is 2.30. The van der Waals surface area contributed by atoms with E-state index in [-0.39, 0.29) is 23.9 Å². The number of nitrogens with zero attached hydrogens (tertiary/aromatic N) is 2. The van der Waals surface area contributed by atoms with Crippen molar-refractivity contribution < 1.29 is 27.6 Å². The van der Waals surface area contributed by atoms with Gasteiger partial charge in [-0.25, -0.2) is 0 Å². The number of amides is 3. The standard InChI is InChI=1S/C41H38F3N5O3S/c1-45-38(50)30-11-7-13-34(22-30)53-26-28-9-5-10-29(20-28)40(52)48-36-15-14-33(49-18-3-2-4-19-49)24-35(36)37-23-31(16-17-46-37)39(51)47-25-27-8-6-12-32(21-27)41(42,43)44/h5-17,20-24H,2-4,18-19,25-26H2,1H3,(H,45,50)(H,47,51)(H,48,52). The van der Waals surface area contributed by atoms with E-state index in [0.29, 0.717) is 39.4 Å². The molecule has 6 rings (SSSR count). The minimum absolute atomic E-state index is 0.0911. The summed E-state index contributed by atoms with van der Waals surface area (Å²) in [6.45, 7) is 1.71. The number of carbonyl (C=O) groups excluding carboxylic acids is 3. The van der Waals surface area contributed by atoms with E-state index in [2.05, 4.69) is 25.8 Å². The molecule has 0 saturated carbocycles. The zero-order valence-corrected chi connectivity index (χ0v) is 29.8. The molecular weight excluding hydrogens is 700 g/mol. The quantitative estimate of drug-likeness (QED) is 0.117. The fourth-order valence-electron chi connectivity index (χ4n) is 6.10. The summed E-state index contributed by atoms with van der Waals surface area (Å²) in [6.07, 6.45) is 0.319. The van der Waals surface area contributed by atoms with Crippen LogP contribution in [0, 0.1) is 0 Å². The smallest absolute Gasteiger partial charge is 0.372 e. The molecule has 0 unspecified atom stereocenters. The lowest BCUT2D eigenvalue weighted by atomic mass is 10.0. The second kappa shape index (κ2) is 16.8. The van der Waals surface area contributed by atoms with E-state index in [1.54, 1.807) is 37.0 Å². The van der Waals surface area contributed by atoms with Gasteiger partial charge in [-0.3, -0.25) is 19.4 Å². The van der Waals surface area contributed by atoms with Crippen LogP contribution in [0.5, 0.6) is 0 Å². The Kier molecular flexibility index (Phi) is 11.8. The zero-order valence-electron chi connectivity index (χ0n) is 29.0. The van der Waals surface area contributed by atoms with Crippen molar-refractivity contribution in [1.82, 2.24) is 15.6 Å². The van der Waals surface area contributed by atoms with Crippen LogP contribution in [0.3, 0.4) is 0 Å².